The topological polar surface area (TPSA) is 144 Å². The van der Waals surface area contributed by atoms with Gasteiger partial charge in [0, 0.05) is 0 Å². The third kappa shape index (κ3) is 3.97. The van der Waals surface area contributed by atoms with Crippen LogP contribution in [0, 0.1) is 0 Å². The number of aliphatic hydroxyl groups is 1. The molecule has 25 heavy (non-hydrogen) atoms. The number of benzene rings is 1. The number of rotatable bonds is 7. The standard InChI is InChI=1S/C17H21N5O3/c18-14-10(15(24)22-17(19)21-14)6-2-1-3-8-12(23)16-20-11-7-4-5-9-13(11)25-16/h4-5,7,9,12,23H,1-3,6,8H2,(H5,18,19,21,22,24). The molecule has 0 aliphatic heterocycles. The first-order chi connectivity index (χ1) is 12.0. The lowest BCUT2D eigenvalue weighted by Gasteiger charge is -2.07. The van der Waals surface area contributed by atoms with Crippen molar-refractivity contribution in [2.45, 2.75) is 38.2 Å². The molecule has 0 spiro atoms. The second-order valence-corrected chi connectivity index (χ2v) is 5.95. The van der Waals surface area contributed by atoms with Crippen molar-refractivity contribution < 1.29 is 9.52 Å². The molecule has 1 unspecified atom stereocenters. The van der Waals surface area contributed by atoms with Gasteiger partial charge in [-0.25, -0.2) is 4.98 Å². The third-order valence-corrected chi connectivity index (χ3v) is 4.07. The predicted octanol–water partition coefficient (Wildman–Crippen LogP) is 1.91. The molecule has 8 heteroatoms. The van der Waals surface area contributed by atoms with E-state index in [1.807, 2.05) is 24.3 Å². The Morgan fingerprint density at radius 3 is 2.72 bits per heavy atom. The monoisotopic (exact) mass is 343 g/mol. The molecule has 3 rings (SSSR count). The van der Waals surface area contributed by atoms with E-state index >= 15 is 0 Å². The van der Waals surface area contributed by atoms with Crippen molar-refractivity contribution in [2.75, 3.05) is 11.5 Å². The Morgan fingerprint density at radius 1 is 1.16 bits per heavy atom. The van der Waals surface area contributed by atoms with Crippen molar-refractivity contribution in [1.29, 1.82) is 0 Å². The highest BCUT2D eigenvalue weighted by Gasteiger charge is 2.15. The molecule has 1 aromatic carbocycles. The fourth-order valence-corrected chi connectivity index (χ4v) is 2.75. The largest absolute Gasteiger partial charge is 0.438 e. The van der Waals surface area contributed by atoms with Gasteiger partial charge in [0.25, 0.3) is 5.56 Å². The molecule has 0 aliphatic carbocycles. The van der Waals surface area contributed by atoms with Gasteiger partial charge < -0.3 is 21.0 Å². The number of nitrogens with two attached hydrogens (primary N) is 2. The SMILES string of the molecule is Nc1nc(N)c(CCCCCC(O)c2nc3ccccc3o2)c(=O)[nH]1. The minimum absolute atomic E-state index is 0.0210. The van der Waals surface area contributed by atoms with Crippen LogP contribution in [-0.4, -0.2) is 20.1 Å². The van der Waals surface area contributed by atoms with Gasteiger partial charge in [0.15, 0.2) is 5.58 Å². The number of anilines is 2. The summed E-state index contributed by atoms with van der Waals surface area (Å²) in [5.74, 6) is 0.532. The van der Waals surface area contributed by atoms with Crippen molar-refractivity contribution in [3.05, 3.63) is 46.1 Å². The Morgan fingerprint density at radius 2 is 1.96 bits per heavy atom. The van der Waals surface area contributed by atoms with E-state index in [9.17, 15) is 9.90 Å². The zero-order valence-corrected chi connectivity index (χ0v) is 13.7. The molecule has 0 radical (unpaired) electrons. The number of H-pyrrole nitrogens is 1. The zero-order chi connectivity index (χ0) is 17.8. The molecule has 132 valence electrons. The Bertz CT molecular complexity index is 885. The summed E-state index contributed by atoms with van der Waals surface area (Å²) < 4.78 is 5.56. The van der Waals surface area contributed by atoms with Crippen molar-refractivity contribution in [1.82, 2.24) is 15.0 Å². The van der Waals surface area contributed by atoms with Gasteiger partial charge >= 0.3 is 0 Å². The minimum Gasteiger partial charge on any atom is -0.438 e. The van der Waals surface area contributed by atoms with Crippen LogP contribution in [0.1, 0.15) is 43.2 Å². The summed E-state index contributed by atoms with van der Waals surface area (Å²) in [6.07, 6.45) is 2.70. The number of hydrogen-bond donors (Lipinski definition) is 4. The number of oxazole rings is 1. The highest BCUT2D eigenvalue weighted by Crippen LogP contribution is 2.23. The molecule has 0 saturated heterocycles. The molecule has 0 amide bonds. The van der Waals surface area contributed by atoms with Crippen LogP contribution < -0.4 is 17.0 Å². The van der Waals surface area contributed by atoms with Gasteiger partial charge in [0.2, 0.25) is 11.8 Å². The molecule has 2 heterocycles. The summed E-state index contributed by atoms with van der Waals surface area (Å²) in [5.41, 5.74) is 12.7. The summed E-state index contributed by atoms with van der Waals surface area (Å²) in [6.45, 7) is 0. The van der Waals surface area contributed by atoms with Gasteiger partial charge in [-0.15, -0.1) is 0 Å². The molecule has 6 N–H and O–H groups in total. The maximum absolute atomic E-state index is 11.8. The Labute approximate surface area is 143 Å². The Kier molecular flexibility index (Phi) is 4.99. The number of aliphatic hydroxyl groups excluding tert-OH is 1. The fourth-order valence-electron chi connectivity index (χ4n) is 2.75. The number of nitrogen functional groups attached to an aromatic ring is 2. The van der Waals surface area contributed by atoms with E-state index in [1.165, 1.54) is 0 Å². The van der Waals surface area contributed by atoms with Crippen LogP contribution in [0.2, 0.25) is 0 Å². The molecule has 3 aromatic rings. The second-order valence-electron chi connectivity index (χ2n) is 5.95. The van der Waals surface area contributed by atoms with E-state index in [2.05, 4.69) is 15.0 Å². The normalized spacial score (nSPS) is 12.5. The second kappa shape index (κ2) is 7.35. The Balaban J connectivity index is 1.48. The van der Waals surface area contributed by atoms with Crippen LogP contribution in [0.3, 0.4) is 0 Å². The minimum atomic E-state index is -0.737. The fraction of sp³-hybridized carbons (Fsp3) is 0.353. The summed E-state index contributed by atoms with van der Waals surface area (Å²) >= 11 is 0. The lowest BCUT2D eigenvalue weighted by atomic mass is 10.1. The van der Waals surface area contributed by atoms with Crippen molar-refractivity contribution in [3.8, 4) is 0 Å². The van der Waals surface area contributed by atoms with Gasteiger partial charge in [-0.3, -0.25) is 9.78 Å². The average molecular weight is 343 g/mol. The van der Waals surface area contributed by atoms with E-state index in [-0.39, 0.29) is 17.3 Å². The smallest absolute Gasteiger partial charge is 0.257 e. The lowest BCUT2D eigenvalue weighted by molar-refractivity contribution is 0.133. The van der Waals surface area contributed by atoms with Gasteiger partial charge in [0.1, 0.15) is 17.4 Å². The predicted molar refractivity (Wildman–Crippen MR) is 94.8 cm³/mol. The summed E-state index contributed by atoms with van der Waals surface area (Å²) in [4.78, 5) is 22.4. The molecule has 0 bridgehead atoms. The van der Waals surface area contributed by atoms with Gasteiger partial charge in [-0.1, -0.05) is 25.0 Å². The first-order valence-corrected chi connectivity index (χ1v) is 8.22. The van der Waals surface area contributed by atoms with Gasteiger partial charge in [-0.2, -0.15) is 4.98 Å². The summed E-state index contributed by atoms with van der Waals surface area (Å²) in [6, 6.07) is 7.41. The number of aromatic nitrogens is 3. The van der Waals surface area contributed by atoms with Crippen LogP contribution in [0.15, 0.2) is 33.5 Å². The zero-order valence-electron chi connectivity index (χ0n) is 13.7. The van der Waals surface area contributed by atoms with Crippen LogP contribution >= 0.6 is 0 Å². The van der Waals surface area contributed by atoms with E-state index in [1.54, 1.807) is 0 Å². The number of aromatic amines is 1. The Hall–Kier alpha value is -2.87. The molecule has 8 nitrogen and oxygen atoms in total. The van der Waals surface area contributed by atoms with Crippen LogP contribution in [0.25, 0.3) is 11.1 Å². The van der Waals surface area contributed by atoms with E-state index < -0.39 is 6.10 Å². The number of fused-ring (bicyclic) bond motifs is 1. The molecule has 2 aromatic heterocycles. The number of hydrogen-bond acceptors (Lipinski definition) is 7. The summed E-state index contributed by atoms with van der Waals surface area (Å²) in [5, 5.41) is 10.2. The van der Waals surface area contributed by atoms with Gasteiger partial charge in [-0.05, 0) is 31.4 Å². The van der Waals surface area contributed by atoms with Crippen molar-refractivity contribution >= 4 is 22.9 Å². The van der Waals surface area contributed by atoms with Crippen molar-refractivity contribution in [3.63, 3.8) is 0 Å². The van der Waals surface area contributed by atoms with Gasteiger partial charge in [0.05, 0.1) is 5.56 Å². The van der Waals surface area contributed by atoms with Crippen LogP contribution in [0.4, 0.5) is 11.8 Å². The summed E-state index contributed by atoms with van der Waals surface area (Å²) in [7, 11) is 0. The highest BCUT2D eigenvalue weighted by molar-refractivity contribution is 5.72. The first-order valence-electron chi connectivity index (χ1n) is 8.22. The average Bonchev–Trinajstić information content (AvgIpc) is 3.00. The molecule has 0 saturated carbocycles. The molecule has 0 aliphatic rings. The molecular formula is C17H21N5O3. The maximum Gasteiger partial charge on any atom is 0.257 e. The van der Waals surface area contributed by atoms with E-state index in [0.717, 1.165) is 24.8 Å². The molecular weight excluding hydrogens is 322 g/mol. The first kappa shape index (κ1) is 17.0. The van der Waals surface area contributed by atoms with Crippen molar-refractivity contribution in [2.24, 2.45) is 0 Å². The number of para-hydroxylation sites is 2. The molecule has 1 atom stereocenters. The van der Waals surface area contributed by atoms with Crippen LogP contribution in [0.5, 0.6) is 0 Å². The number of nitrogens with zero attached hydrogens (tertiary/aromatic N) is 2. The quantitative estimate of drug-likeness (QED) is 0.479. The van der Waals surface area contributed by atoms with E-state index in [4.69, 9.17) is 15.9 Å². The highest BCUT2D eigenvalue weighted by atomic mass is 16.4. The lowest BCUT2D eigenvalue weighted by Crippen LogP contribution is -2.19. The van der Waals surface area contributed by atoms with E-state index in [0.29, 0.717) is 29.9 Å². The number of unbranched alkanes of at least 4 members (excludes halogenated alkanes) is 2. The molecule has 0 fully saturated rings. The maximum atomic E-state index is 11.8. The van der Waals surface area contributed by atoms with Crippen LogP contribution in [-0.2, 0) is 6.42 Å². The number of nitrogens with one attached hydrogen (secondary N) is 1. The third-order valence-electron chi connectivity index (χ3n) is 4.07.